The maximum Gasteiger partial charge on any atom is 0.258 e. The van der Waals surface area contributed by atoms with E-state index < -0.39 is 0 Å². The molecule has 17 heavy (non-hydrogen) atoms. The van der Waals surface area contributed by atoms with Crippen LogP contribution in [0.5, 0.6) is 5.75 Å². The van der Waals surface area contributed by atoms with Gasteiger partial charge in [0.1, 0.15) is 5.75 Å². The lowest BCUT2D eigenvalue weighted by Crippen LogP contribution is -2.35. The Hall–Kier alpha value is -1.71. The quantitative estimate of drug-likeness (QED) is 0.767. The highest BCUT2D eigenvalue weighted by molar-refractivity contribution is 5.78. The number of carbonyl (C=O) groups is 1. The predicted octanol–water partition coefficient (Wildman–Crippen LogP) is 1.87. The highest BCUT2D eigenvalue weighted by atomic mass is 16.5. The number of benzene rings is 1. The molecular weight excluding hydrogens is 216 g/mol. The third-order valence-electron chi connectivity index (χ3n) is 2.66. The summed E-state index contributed by atoms with van der Waals surface area (Å²) in [6, 6.07) is 5.69. The molecule has 0 saturated heterocycles. The third-order valence-corrected chi connectivity index (χ3v) is 2.66. The van der Waals surface area contributed by atoms with Gasteiger partial charge in [0.25, 0.3) is 5.91 Å². The van der Waals surface area contributed by atoms with Gasteiger partial charge in [-0.3, -0.25) is 4.79 Å². The van der Waals surface area contributed by atoms with Gasteiger partial charge < -0.3 is 15.8 Å². The second-order valence-corrected chi connectivity index (χ2v) is 4.15. The molecule has 0 heterocycles. The summed E-state index contributed by atoms with van der Waals surface area (Å²) in [6.07, 6.45) is 0.901. The minimum atomic E-state index is -0.125. The van der Waals surface area contributed by atoms with E-state index >= 15 is 0 Å². The van der Waals surface area contributed by atoms with Gasteiger partial charge in [-0.05, 0) is 31.9 Å². The molecule has 1 rings (SSSR count). The molecule has 94 valence electrons. The van der Waals surface area contributed by atoms with E-state index in [0.717, 1.165) is 12.0 Å². The number of ether oxygens (including phenoxy) is 1. The first-order valence-electron chi connectivity index (χ1n) is 5.81. The van der Waals surface area contributed by atoms with Crippen LogP contribution in [-0.4, -0.2) is 18.6 Å². The zero-order valence-electron chi connectivity index (χ0n) is 10.6. The van der Waals surface area contributed by atoms with Crippen molar-refractivity contribution in [2.75, 3.05) is 12.3 Å². The molecule has 1 amide bonds. The zero-order chi connectivity index (χ0) is 12.8. The van der Waals surface area contributed by atoms with Crippen molar-refractivity contribution < 1.29 is 9.53 Å². The highest BCUT2D eigenvalue weighted by Crippen LogP contribution is 2.23. The highest BCUT2D eigenvalue weighted by Gasteiger charge is 2.08. The lowest BCUT2D eigenvalue weighted by atomic mass is 10.2. The molecule has 1 atom stereocenters. The monoisotopic (exact) mass is 236 g/mol. The minimum Gasteiger partial charge on any atom is -0.482 e. The van der Waals surface area contributed by atoms with Crippen LogP contribution in [0.25, 0.3) is 0 Å². The fourth-order valence-electron chi connectivity index (χ4n) is 1.34. The second-order valence-electron chi connectivity index (χ2n) is 4.15. The van der Waals surface area contributed by atoms with Gasteiger partial charge in [0.05, 0.1) is 5.69 Å². The Balaban J connectivity index is 2.50. The molecule has 1 aromatic carbocycles. The van der Waals surface area contributed by atoms with Crippen LogP contribution in [0.4, 0.5) is 5.69 Å². The summed E-state index contributed by atoms with van der Waals surface area (Å²) in [6.45, 7) is 5.88. The molecule has 0 bridgehead atoms. The Morgan fingerprint density at radius 3 is 2.88 bits per heavy atom. The van der Waals surface area contributed by atoms with Gasteiger partial charge in [0, 0.05) is 6.04 Å². The molecular formula is C13H20N2O2. The summed E-state index contributed by atoms with van der Waals surface area (Å²) in [5.74, 6) is 0.435. The van der Waals surface area contributed by atoms with Crippen LogP contribution in [0.3, 0.4) is 0 Å². The van der Waals surface area contributed by atoms with Gasteiger partial charge in [-0.2, -0.15) is 0 Å². The van der Waals surface area contributed by atoms with E-state index in [2.05, 4.69) is 5.32 Å². The number of amides is 1. The fraction of sp³-hybridized carbons (Fsp3) is 0.462. The van der Waals surface area contributed by atoms with E-state index in [1.54, 1.807) is 6.07 Å². The summed E-state index contributed by atoms with van der Waals surface area (Å²) in [5, 5.41) is 2.83. The number of nitrogens with one attached hydrogen (secondary N) is 1. The molecule has 3 N–H and O–H groups in total. The molecule has 0 fully saturated rings. The van der Waals surface area contributed by atoms with E-state index in [1.807, 2.05) is 32.9 Å². The summed E-state index contributed by atoms with van der Waals surface area (Å²) >= 11 is 0. The molecule has 0 saturated carbocycles. The fourth-order valence-corrected chi connectivity index (χ4v) is 1.34. The number of nitrogen functional groups attached to an aromatic ring is 1. The molecule has 1 unspecified atom stereocenters. The van der Waals surface area contributed by atoms with Crippen molar-refractivity contribution in [1.82, 2.24) is 5.32 Å². The maximum atomic E-state index is 11.5. The van der Waals surface area contributed by atoms with Crippen LogP contribution in [0, 0.1) is 6.92 Å². The molecule has 0 radical (unpaired) electrons. The largest absolute Gasteiger partial charge is 0.482 e. The average Bonchev–Trinajstić information content (AvgIpc) is 2.31. The molecule has 4 heteroatoms. The van der Waals surface area contributed by atoms with E-state index in [4.69, 9.17) is 10.5 Å². The number of nitrogens with two attached hydrogens (primary N) is 1. The van der Waals surface area contributed by atoms with Crippen LogP contribution in [-0.2, 0) is 4.79 Å². The van der Waals surface area contributed by atoms with E-state index in [-0.39, 0.29) is 18.6 Å². The molecule has 0 aromatic heterocycles. The minimum absolute atomic E-state index is 0.00199. The summed E-state index contributed by atoms with van der Waals surface area (Å²) < 4.78 is 5.39. The van der Waals surface area contributed by atoms with Crippen LogP contribution >= 0.6 is 0 Å². The van der Waals surface area contributed by atoms with Gasteiger partial charge in [-0.15, -0.1) is 0 Å². The van der Waals surface area contributed by atoms with Crippen LogP contribution in [0.1, 0.15) is 25.8 Å². The van der Waals surface area contributed by atoms with Gasteiger partial charge in [-0.25, -0.2) is 0 Å². The second kappa shape index (κ2) is 6.13. The van der Waals surface area contributed by atoms with Crippen molar-refractivity contribution in [3.8, 4) is 5.75 Å². The number of rotatable bonds is 5. The Morgan fingerprint density at radius 1 is 1.53 bits per heavy atom. The first-order chi connectivity index (χ1) is 8.04. The Kier molecular flexibility index (Phi) is 4.82. The lowest BCUT2D eigenvalue weighted by molar-refractivity contribution is -0.123. The normalized spacial score (nSPS) is 11.9. The number of carbonyl (C=O) groups excluding carboxylic acids is 1. The van der Waals surface area contributed by atoms with Crippen LogP contribution in [0.2, 0.25) is 0 Å². The molecule has 0 spiro atoms. The van der Waals surface area contributed by atoms with Crippen molar-refractivity contribution in [1.29, 1.82) is 0 Å². The van der Waals surface area contributed by atoms with E-state index in [1.165, 1.54) is 0 Å². The van der Waals surface area contributed by atoms with Crippen molar-refractivity contribution in [3.63, 3.8) is 0 Å². The van der Waals surface area contributed by atoms with Gasteiger partial charge in [0.2, 0.25) is 0 Å². The standard InChI is InChI=1S/C13H20N2O2/c1-4-10(3)15-12(16)8-17-11-7-5-6-9(2)13(11)14/h5-7,10H,4,8,14H2,1-3H3,(H,15,16). The number of hydrogen-bond donors (Lipinski definition) is 2. The van der Waals surface area contributed by atoms with Crippen LogP contribution < -0.4 is 15.8 Å². The maximum absolute atomic E-state index is 11.5. The van der Waals surface area contributed by atoms with Crippen molar-refractivity contribution in [3.05, 3.63) is 23.8 Å². The smallest absolute Gasteiger partial charge is 0.258 e. The van der Waals surface area contributed by atoms with Gasteiger partial charge >= 0.3 is 0 Å². The van der Waals surface area contributed by atoms with Gasteiger partial charge in [0.15, 0.2) is 6.61 Å². The summed E-state index contributed by atoms with van der Waals surface area (Å²) in [5.41, 5.74) is 7.38. The van der Waals surface area contributed by atoms with Crippen LogP contribution in [0.15, 0.2) is 18.2 Å². The average molecular weight is 236 g/mol. The SMILES string of the molecule is CCC(C)NC(=O)COc1cccc(C)c1N. The third kappa shape index (κ3) is 3.98. The molecule has 0 aliphatic heterocycles. The Morgan fingerprint density at radius 2 is 2.24 bits per heavy atom. The summed E-state index contributed by atoms with van der Waals surface area (Å²) in [4.78, 5) is 11.5. The number of para-hydroxylation sites is 1. The van der Waals surface area contributed by atoms with Gasteiger partial charge in [-0.1, -0.05) is 19.1 Å². The van der Waals surface area contributed by atoms with Crippen molar-refractivity contribution in [2.24, 2.45) is 0 Å². The molecule has 0 aliphatic rings. The van der Waals surface area contributed by atoms with Crippen molar-refractivity contribution in [2.45, 2.75) is 33.2 Å². The van der Waals surface area contributed by atoms with E-state index in [0.29, 0.717) is 11.4 Å². The Labute approximate surface area is 102 Å². The zero-order valence-corrected chi connectivity index (χ0v) is 10.6. The lowest BCUT2D eigenvalue weighted by Gasteiger charge is -2.13. The topological polar surface area (TPSA) is 64.3 Å². The molecule has 0 aliphatic carbocycles. The number of anilines is 1. The molecule has 1 aromatic rings. The predicted molar refractivity (Wildman–Crippen MR) is 69.0 cm³/mol. The Bertz CT molecular complexity index is 391. The number of aryl methyl sites for hydroxylation is 1. The first-order valence-corrected chi connectivity index (χ1v) is 5.81. The first kappa shape index (κ1) is 13.4. The molecule has 4 nitrogen and oxygen atoms in total. The summed E-state index contributed by atoms with van der Waals surface area (Å²) in [7, 11) is 0. The number of hydrogen-bond acceptors (Lipinski definition) is 3. The van der Waals surface area contributed by atoms with Crippen molar-refractivity contribution >= 4 is 11.6 Å². The van der Waals surface area contributed by atoms with E-state index in [9.17, 15) is 4.79 Å².